The smallest absolute Gasteiger partial charge is 0.101 e. The van der Waals surface area contributed by atoms with Crippen LogP contribution in [0.3, 0.4) is 0 Å². The van der Waals surface area contributed by atoms with Gasteiger partial charge in [-0.25, -0.2) is 0 Å². The van der Waals surface area contributed by atoms with Gasteiger partial charge in [-0.3, -0.25) is 4.90 Å². The van der Waals surface area contributed by atoms with Gasteiger partial charge in [-0.1, -0.05) is 18.5 Å². The van der Waals surface area contributed by atoms with Gasteiger partial charge in [0.15, 0.2) is 0 Å². The molecule has 22 heavy (non-hydrogen) atoms. The molecule has 2 heterocycles. The fraction of sp³-hybridized carbons (Fsp3) is 0.588. The molecule has 2 aliphatic rings. The molecule has 5 heteroatoms. The molecule has 1 aromatic carbocycles. The first-order valence-electron chi connectivity index (χ1n) is 8.12. The minimum Gasteiger partial charge on any atom is -0.369 e. The molecule has 0 saturated carbocycles. The SMILES string of the molecule is CCN1CCN([C@@H]2CCN(c3cc(Cl)ccc3C#N)C2)CC1. The van der Waals surface area contributed by atoms with Crippen molar-refractivity contribution in [1.82, 2.24) is 9.80 Å². The molecule has 0 aliphatic carbocycles. The van der Waals surface area contributed by atoms with Gasteiger partial charge in [0.1, 0.15) is 6.07 Å². The van der Waals surface area contributed by atoms with Crippen molar-refractivity contribution in [2.45, 2.75) is 19.4 Å². The van der Waals surface area contributed by atoms with Crippen molar-refractivity contribution in [2.75, 3.05) is 50.7 Å². The Labute approximate surface area is 137 Å². The van der Waals surface area contributed by atoms with Crippen LogP contribution in [-0.2, 0) is 0 Å². The average molecular weight is 319 g/mol. The van der Waals surface area contributed by atoms with Crippen LogP contribution in [0.2, 0.25) is 5.02 Å². The summed E-state index contributed by atoms with van der Waals surface area (Å²) in [6.07, 6.45) is 1.17. The lowest BCUT2D eigenvalue weighted by molar-refractivity contribution is 0.107. The Morgan fingerprint density at radius 2 is 2.00 bits per heavy atom. The molecular weight excluding hydrogens is 296 g/mol. The molecule has 118 valence electrons. The van der Waals surface area contributed by atoms with Gasteiger partial charge in [0.05, 0.1) is 11.3 Å². The molecule has 2 aliphatic heterocycles. The predicted octanol–water partition coefficient (Wildman–Crippen LogP) is 2.43. The van der Waals surface area contributed by atoms with Gasteiger partial charge in [0, 0.05) is 50.3 Å². The Morgan fingerprint density at radius 3 is 2.68 bits per heavy atom. The predicted molar refractivity (Wildman–Crippen MR) is 90.5 cm³/mol. The molecule has 0 aromatic heterocycles. The van der Waals surface area contributed by atoms with E-state index in [9.17, 15) is 5.26 Å². The second kappa shape index (κ2) is 6.87. The third-order valence-electron chi connectivity index (χ3n) is 4.95. The van der Waals surface area contributed by atoms with Crippen molar-refractivity contribution < 1.29 is 0 Å². The quantitative estimate of drug-likeness (QED) is 0.857. The summed E-state index contributed by atoms with van der Waals surface area (Å²) in [7, 11) is 0. The van der Waals surface area contributed by atoms with Crippen molar-refractivity contribution in [2.24, 2.45) is 0 Å². The van der Waals surface area contributed by atoms with E-state index in [2.05, 4.69) is 27.7 Å². The Bertz CT molecular complexity index is 560. The summed E-state index contributed by atoms with van der Waals surface area (Å²) in [4.78, 5) is 7.44. The fourth-order valence-corrected chi connectivity index (χ4v) is 3.73. The van der Waals surface area contributed by atoms with Crippen molar-refractivity contribution >= 4 is 17.3 Å². The number of benzene rings is 1. The second-order valence-corrected chi connectivity index (χ2v) is 6.57. The van der Waals surface area contributed by atoms with Gasteiger partial charge >= 0.3 is 0 Å². The van der Waals surface area contributed by atoms with Gasteiger partial charge in [0.25, 0.3) is 0 Å². The molecule has 2 fully saturated rings. The lowest BCUT2D eigenvalue weighted by atomic mass is 10.1. The maximum Gasteiger partial charge on any atom is 0.101 e. The maximum atomic E-state index is 9.30. The molecule has 2 saturated heterocycles. The van der Waals surface area contributed by atoms with E-state index in [1.165, 1.54) is 19.5 Å². The van der Waals surface area contributed by atoms with Gasteiger partial charge in [-0.05, 0) is 31.2 Å². The van der Waals surface area contributed by atoms with Gasteiger partial charge < -0.3 is 9.80 Å². The molecule has 0 N–H and O–H groups in total. The fourth-order valence-electron chi connectivity index (χ4n) is 3.56. The van der Waals surface area contributed by atoms with Gasteiger partial charge in [0.2, 0.25) is 0 Å². The number of anilines is 1. The third kappa shape index (κ3) is 3.22. The molecule has 0 unspecified atom stereocenters. The topological polar surface area (TPSA) is 33.5 Å². The molecule has 0 radical (unpaired) electrons. The first kappa shape index (κ1) is 15.6. The summed E-state index contributed by atoms with van der Waals surface area (Å²) in [5.41, 5.74) is 1.71. The van der Waals surface area contributed by atoms with Crippen molar-refractivity contribution in [3.8, 4) is 6.07 Å². The van der Waals surface area contributed by atoms with Crippen LogP contribution < -0.4 is 4.90 Å². The minimum absolute atomic E-state index is 0.601. The highest BCUT2D eigenvalue weighted by molar-refractivity contribution is 6.30. The Morgan fingerprint density at radius 1 is 1.23 bits per heavy atom. The Balaban J connectivity index is 1.66. The van der Waals surface area contributed by atoms with Gasteiger partial charge in [-0.15, -0.1) is 0 Å². The molecule has 4 nitrogen and oxygen atoms in total. The second-order valence-electron chi connectivity index (χ2n) is 6.13. The van der Waals surface area contributed by atoms with Crippen molar-refractivity contribution in [3.63, 3.8) is 0 Å². The average Bonchev–Trinajstić information content (AvgIpc) is 3.04. The van der Waals surface area contributed by atoms with E-state index in [4.69, 9.17) is 11.6 Å². The number of likely N-dealkylation sites (N-methyl/N-ethyl adjacent to an activating group) is 1. The van der Waals surface area contributed by atoms with Crippen molar-refractivity contribution in [1.29, 1.82) is 5.26 Å². The Hall–Kier alpha value is -1.28. The van der Waals surface area contributed by atoms with Crippen LogP contribution in [-0.4, -0.2) is 61.7 Å². The number of piperazine rings is 1. The van der Waals surface area contributed by atoms with Crippen LogP contribution >= 0.6 is 11.6 Å². The molecule has 1 atom stereocenters. The highest BCUT2D eigenvalue weighted by Crippen LogP contribution is 2.29. The van der Waals surface area contributed by atoms with E-state index in [1.807, 2.05) is 12.1 Å². The van der Waals surface area contributed by atoms with E-state index in [1.54, 1.807) is 6.07 Å². The number of nitrogens with zero attached hydrogens (tertiary/aromatic N) is 4. The zero-order valence-electron chi connectivity index (χ0n) is 13.1. The number of hydrogen-bond acceptors (Lipinski definition) is 4. The monoisotopic (exact) mass is 318 g/mol. The van der Waals surface area contributed by atoms with Crippen LogP contribution in [0, 0.1) is 11.3 Å². The third-order valence-corrected chi connectivity index (χ3v) is 5.19. The van der Waals surface area contributed by atoms with Gasteiger partial charge in [-0.2, -0.15) is 5.26 Å². The maximum absolute atomic E-state index is 9.30. The van der Waals surface area contributed by atoms with E-state index in [0.29, 0.717) is 11.1 Å². The summed E-state index contributed by atoms with van der Waals surface area (Å²) in [5, 5.41) is 10.0. The normalized spacial score (nSPS) is 23.7. The molecule has 1 aromatic rings. The summed E-state index contributed by atoms with van der Waals surface area (Å²) >= 11 is 6.12. The molecule has 0 amide bonds. The number of halogens is 1. The molecule has 0 spiro atoms. The number of nitriles is 1. The molecule has 0 bridgehead atoms. The first-order chi connectivity index (χ1) is 10.7. The summed E-state index contributed by atoms with van der Waals surface area (Å²) in [5.74, 6) is 0. The van der Waals surface area contributed by atoms with E-state index < -0.39 is 0 Å². The van der Waals surface area contributed by atoms with Crippen LogP contribution in [0.4, 0.5) is 5.69 Å². The highest BCUT2D eigenvalue weighted by Gasteiger charge is 2.30. The summed E-state index contributed by atoms with van der Waals surface area (Å²) in [6.45, 7) is 10.1. The minimum atomic E-state index is 0.601. The highest BCUT2D eigenvalue weighted by atomic mass is 35.5. The number of rotatable bonds is 3. The zero-order chi connectivity index (χ0) is 15.5. The van der Waals surface area contributed by atoms with Crippen LogP contribution in [0.15, 0.2) is 18.2 Å². The van der Waals surface area contributed by atoms with E-state index in [-0.39, 0.29) is 0 Å². The van der Waals surface area contributed by atoms with Crippen LogP contribution in [0.1, 0.15) is 18.9 Å². The number of hydrogen-bond donors (Lipinski definition) is 0. The van der Waals surface area contributed by atoms with Crippen molar-refractivity contribution in [3.05, 3.63) is 28.8 Å². The zero-order valence-corrected chi connectivity index (χ0v) is 13.9. The standard InChI is InChI=1S/C17H23ClN4/c1-2-20-7-9-21(10-8-20)16-5-6-22(13-16)17-11-15(18)4-3-14(17)12-19/h3-4,11,16H,2,5-10,13H2,1H3/t16-/m1/s1. The summed E-state index contributed by atoms with van der Waals surface area (Å²) in [6, 6.07) is 8.43. The lowest BCUT2D eigenvalue weighted by Crippen LogP contribution is -2.50. The first-order valence-corrected chi connectivity index (χ1v) is 8.50. The lowest BCUT2D eigenvalue weighted by Gasteiger charge is -2.37. The Kier molecular flexibility index (Phi) is 4.87. The van der Waals surface area contributed by atoms with E-state index in [0.717, 1.165) is 44.0 Å². The van der Waals surface area contributed by atoms with Crippen LogP contribution in [0.25, 0.3) is 0 Å². The van der Waals surface area contributed by atoms with E-state index >= 15 is 0 Å². The largest absolute Gasteiger partial charge is 0.369 e. The molecular formula is C17H23ClN4. The summed E-state index contributed by atoms with van der Waals surface area (Å²) < 4.78 is 0. The van der Waals surface area contributed by atoms with Crippen LogP contribution in [0.5, 0.6) is 0 Å². The molecule has 3 rings (SSSR count).